The molecule has 0 saturated heterocycles. The van der Waals surface area contributed by atoms with Crippen molar-refractivity contribution in [3.05, 3.63) is 211 Å². The number of Topliss-reactive ketones (excluding diaryl/α,β-unsaturated/α-hetero) is 1. The van der Waals surface area contributed by atoms with Crippen molar-refractivity contribution in [2.45, 2.75) is 48.5 Å². The maximum atomic E-state index is 12.4. The summed E-state index contributed by atoms with van der Waals surface area (Å²) in [5, 5.41) is 8.39. The van der Waals surface area contributed by atoms with E-state index in [-0.39, 0.29) is 36.1 Å². The van der Waals surface area contributed by atoms with Crippen LogP contribution >= 0.6 is 15.8 Å². The fourth-order valence-corrected chi connectivity index (χ4v) is 10.9. The molecule has 1 nitrogen and oxygen atoms in total. The van der Waals surface area contributed by atoms with Gasteiger partial charge in [0.05, 0.1) is 0 Å². The van der Waals surface area contributed by atoms with Gasteiger partial charge in [-0.3, -0.25) is 4.79 Å². The second-order valence-electron chi connectivity index (χ2n) is 15.4. The molecule has 282 valence electrons. The Kier molecular flexibility index (Phi) is 16.5. The van der Waals surface area contributed by atoms with Crippen molar-refractivity contribution in [2.24, 2.45) is 10.8 Å². The molecule has 0 saturated carbocycles. The monoisotopic (exact) mass is 846 g/mol. The molecule has 1 aliphatic carbocycles. The fourth-order valence-electron chi connectivity index (χ4n) is 6.24. The van der Waals surface area contributed by atoms with Gasteiger partial charge in [-0.2, -0.15) is 0 Å². The van der Waals surface area contributed by atoms with Gasteiger partial charge in [-0.05, 0) is 58.5 Å². The summed E-state index contributed by atoms with van der Waals surface area (Å²) >= 11 is 0. The first kappa shape index (κ1) is 43.7. The summed E-state index contributed by atoms with van der Waals surface area (Å²) in [6.45, 7) is 14.6. The SMILES string of the molecule is C[C]1C=C(C(C)(C)C)C(=O)C(C(C)(C)C)=C1.[Rh].c1ccc(P(c2ccccc2)c2ccccc2)cc1.c1ccc(P(c2ccccc2)c2ccccc2)cc1. The number of rotatable bonds is 6. The van der Waals surface area contributed by atoms with Gasteiger partial charge >= 0.3 is 0 Å². The zero-order valence-corrected chi connectivity index (χ0v) is 36.5. The Labute approximate surface area is 346 Å². The molecule has 0 aromatic heterocycles. The molecule has 55 heavy (non-hydrogen) atoms. The summed E-state index contributed by atoms with van der Waals surface area (Å²) in [5.41, 5.74) is 1.70. The van der Waals surface area contributed by atoms with Gasteiger partial charge in [0.25, 0.3) is 0 Å². The molecule has 0 unspecified atom stereocenters. The minimum atomic E-state index is -0.446. The quantitative estimate of drug-likeness (QED) is 0.121. The Bertz CT molecular complexity index is 1740. The van der Waals surface area contributed by atoms with Crippen molar-refractivity contribution in [1.82, 2.24) is 0 Å². The Balaban J connectivity index is 0.000000183. The molecule has 0 atom stereocenters. The molecule has 0 amide bonds. The number of carbonyl (C=O) groups is 1. The molecule has 7 rings (SSSR count). The molecule has 2 radical (unpaired) electrons. The standard InChI is InChI=1S/2C18H15P.C15H23O.Rh/c2*1-4-10-16(11-5-1)19(17-12-6-2-7-13-17)18-14-8-3-9-15-18;1-10-8-11(14(2,3)4)13(16)12(9-10)15(5,6)7;/h2*1-15H;8-9H,1-7H3;. The van der Waals surface area contributed by atoms with E-state index in [4.69, 9.17) is 0 Å². The maximum absolute atomic E-state index is 12.4. The second kappa shape index (κ2) is 20.8. The van der Waals surface area contributed by atoms with Crippen LogP contribution < -0.4 is 31.8 Å². The minimum absolute atomic E-state index is 0. The van der Waals surface area contributed by atoms with Crippen LogP contribution in [0.25, 0.3) is 0 Å². The number of carbonyl (C=O) groups excluding carboxylic acids is 1. The Hall–Kier alpha value is -4.05. The van der Waals surface area contributed by atoms with E-state index in [1.807, 2.05) is 12.2 Å². The smallest absolute Gasteiger partial charge is 0.185 e. The zero-order chi connectivity index (χ0) is 38.6. The fraction of sp³-hybridized carbons (Fsp3) is 0.176. The molecule has 6 aromatic carbocycles. The van der Waals surface area contributed by atoms with Crippen LogP contribution in [0, 0.1) is 16.7 Å². The number of hydrogen-bond acceptors (Lipinski definition) is 1. The van der Waals surface area contributed by atoms with Crippen LogP contribution in [0.4, 0.5) is 0 Å². The largest absolute Gasteiger partial charge is 0.289 e. The molecule has 0 aliphatic heterocycles. The molecule has 4 heteroatoms. The Morgan fingerprint density at radius 1 is 0.345 bits per heavy atom. The molecule has 6 aromatic rings. The first-order valence-corrected chi connectivity index (χ1v) is 21.3. The van der Waals surface area contributed by atoms with E-state index in [1.54, 1.807) is 0 Å². The Morgan fingerprint density at radius 3 is 0.691 bits per heavy atom. The van der Waals surface area contributed by atoms with Gasteiger partial charge in [0.15, 0.2) is 5.78 Å². The van der Waals surface area contributed by atoms with Crippen LogP contribution in [0.2, 0.25) is 0 Å². The minimum Gasteiger partial charge on any atom is -0.289 e. The van der Waals surface area contributed by atoms with E-state index in [1.165, 1.54) is 37.7 Å². The van der Waals surface area contributed by atoms with Crippen molar-refractivity contribution >= 4 is 53.5 Å². The van der Waals surface area contributed by atoms with Gasteiger partial charge in [-0.15, -0.1) is 0 Å². The molecular weight excluding hydrogens is 793 g/mol. The predicted octanol–water partition coefficient (Wildman–Crippen LogP) is 11.0. The van der Waals surface area contributed by atoms with Gasteiger partial charge in [0.1, 0.15) is 0 Å². The van der Waals surface area contributed by atoms with E-state index in [2.05, 4.69) is 230 Å². The van der Waals surface area contributed by atoms with Gasteiger partial charge in [-0.25, -0.2) is 0 Å². The van der Waals surface area contributed by atoms with Crippen LogP contribution in [0.15, 0.2) is 205 Å². The van der Waals surface area contributed by atoms with E-state index < -0.39 is 15.8 Å². The first-order chi connectivity index (χ1) is 25.9. The van der Waals surface area contributed by atoms with Crippen LogP contribution in [-0.4, -0.2) is 5.78 Å². The van der Waals surface area contributed by atoms with E-state index in [0.29, 0.717) is 0 Å². The van der Waals surface area contributed by atoms with Gasteiger partial charge in [0.2, 0.25) is 0 Å². The molecule has 0 N–H and O–H groups in total. The van der Waals surface area contributed by atoms with Crippen molar-refractivity contribution in [1.29, 1.82) is 0 Å². The van der Waals surface area contributed by atoms with Crippen LogP contribution in [0.5, 0.6) is 0 Å². The zero-order valence-electron chi connectivity index (χ0n) is 33.1. The summed E-state index contributed by atoms with van der Waals surface area (Å²) in [6.07, 6.45) is 4.05. The van der Waals surface area contributed by atoms with Crippen LogP contribution in [0.3, 0.4) is 0 Å². The van der Waals surface area contributed by atoms with Crippen molar-refractivity contribution in [3.63, 3.8) is 0 Å². The number of hydrogen-bond donors (Lipinski definition) is 0. The molecule has 0 bridgehead atoms. The third kappa shape index (κ3) is 12.5. The third-order valence-corrected chi connectivity index (χ3v) is 13.8. The van der Waals surface area contributed by atoms with Gasteiger partial charge in [0, 0.05) is 36.5 Å². The maximum Gasteiger partial charge on any atom is 0.185 e. The summed E-state index contributed by atoms with van der Waals surface area (Å²) in [4.78, 5) is 12.4. The number of ketones is 1. The summed E-state index contributed by atoms with van der Waals surface area (Å²) in [6, 6.07) is 64.7. The average Bonchev–Trinajstić information content (AvgIpc) is 3.18. The van der Waals surface area contributed by atoms with Gasteiger partial charge < -0.3 is 0 Å². The molecular formula is C51H53OP2Rh. The normalized spacial score (nSPS) is 13.0. The summed E-state index contributed by atoms with van der Waals surface area (Å²) < 4.78 is 0. The van der Waals surface area contributed by atoms with E-state index in [0.717, 1.165) is 11.1 Å². The van der Waals surface area contributed by atoms with Crippen LogP contribution in [0.1, 0.15) is 48.5 Å². The topological polar surface area (TPSA) is 17.1 Å². The second-order valence-corrected chi connectivity index (χ2v) is 19.8. The summed E-state index contributed by atoms with van der Waals surface area (Å²) in [7, 11) is -0.892. The van der Waals surface area contributed by atoms with Gasteiger partial charge in [-0.1, -0.05) is 243 Å². The number of allylic oxidation sites excluding steroid dienone is 4. The van der Waals surface area contributed by atoms with Crippen molar-refractivity contribution in [3.8, 4) is 0 Å². The number of benzene rings is 6. The summed E-state index contributed by atoms with van der Waals surface area (Å²) in [5.74, 6) is 1.39. The molecule has 0 heterocycles. The third-order valence-electron chi connectivity index (χ3n) is 8.94. The van der Waals surface area contributed by atoms with E-state index >= 15 is 0 Å². The first-order valence-electron chi connectivity index (χ1n) is 18.7. The van der Waals surface area contributed by atoms with Crippen molar-refractivity contribution in [2.75, 3.05) is 0 Å². The Morgan fingerprint density at radius 2 is 0.527 bits per heavy atom. The van der Waals surface area contributed by atoms with Crippen LogP contribution in [-0.2, 0) is 24.3 Å². The van der Waals surface area contributed by atoms with Crippen molar-refractivity contribution < 1.29 is 24.3 Å². The average molecular weight is 847 g/mol. The molecule has 0 spiro atoms. The molecule has 0 fully saturated rings. The predicted molar refractivity (Wildman–Crippen MR) is 239 cm³/mol. The molecule has 1 aliphatic rings. The van der Waals surface area contributed by atoms with E-state index in [9.17, 15) is 4.79 Å².